The zero-order chi connectivity index (χ0) is 13.3. The number of aromatic nitrogens is 2. The summed E-state index contributed by atoms with van der Waals surface area (Å²) in [6, 6.07) is 3.34. The maximum atomic E-state index is 11.4. The SMILES string of the molecule is CC(=O)c1sc(-c2cccnc2N)nc1C(=O)O. The van der Waals surface area contributed by atoms with Gasteiger partial charge in [0, 0.05) is 13.1 Å². The lowest BCUT2D eigenvalue weighted by molar-refractivity contribution is 0.0687. The molecule has 92 valence electrons. The first-order valence-electron chi connectivity index (χ1n) is 4.96. The molecule has 0 aromatic carbocycles. The number of hydrogen-bond acceptors (Lipinski definition) is 6. The number of hydrogen-bond donors (Lipinski definition) is 2. The Balaban J connectivity index is 2.61. The van der Waals surface area contributed by atoms with Crippen LogP contribution in [0.3, 0.4) is 0 Å². The Morgan fingerprint density at radius 2 is 2.17 bits per heavy atom. The summed E-state index contributed by atoms with van der Waals surface area (Å²) in [5.74, 6) is -1.32. The maximum absolute atomic E-state index is 11.4. The third-order valence-corrected chi connectivity index (χ3v) is 3.41. The molecule has 2 aromatic heterocycles. The number of carboxylic acids is 1. The number of carbonyl (C=O) groups is 2. The highest BCUT2D eigenvalue weighted by Crippen LogP contribution is 2.31. The van der Waals surface area contributed by atoms with Gasteiger partial charge >= 0.3 is 5.97 Å². The second-order valence-corrected chi connectivity index (χ2v) is 4.49. The monoisotopic (exact) mass is 263 g/mol. The van der Waals surface area contributed by atoms with Crippen molar-refractivity contribution in [2.24, 2.45) is 0 Å². The highest BCUT2D eigenvalue weighted by molar-refractivity contribution is 7.17. The lowest BCUT2D eigenvalue weighted by Gasteiger charge is -1.98. The van der Waals surface area contributed by atoms with Crippen molar-refractivity contribution in [3.05, 3.63) is 28.9 Å². The number of nitrogens with zero attached hydrogens (tertiary/aromatic N) is 2. The van der Waals surface area contributed by atoms with Crippen molar-refractivity contribution in [1.29, 1.82) is 0 Å². The number of aromatic carboxylic acids is 1. The van der Waals surface area contributed by atoms with Crippen molar-refractivity contribution in [1.82, 2.24) is 9.97 Å². The standard InChI is InChI=1S/C11H9N3O3S/c1-5(15)8-7(11(16)17)14-10(18-8)6-3-2-4-13-9(6)12/h2-4H,1H3,(H2,12,13)(H,16,17). The minimum atomic E-state index is -1.23. The number of thiazole rings is 1. The van der Waals surface area contributed by atoms with E-state index in [0.717, 1.165) is 11.3 Å². The van der Waals surface area contributed by atoms with E-state index in [-0.39, 0.29) is 22.2 Å². The first-order chi connectivity index (χ1) is 8.50. The van der Waals surface area contributed by atoms with Gasteiger partial charge in [0.1, 0.15) is 15.7 Å². The molecule has 0 amide bonds. The molecule has 2 aromatic rings. The topological polar surface area (TPSA) is 106 Å². The van der Waals surface area contributed by atoms with Crippen LogP contribution >= 0.6 is 11.3 Å². The number of pyridine rings is 1. The summed E-state index contributed by atoms with van der Waals surface area (Å²) in [6.07, 6.45) is 1.52. The first kappa shape index (κ1) is 12.2. The second-order valence-electron chi connectivity index (χ2n) is 3.49. The van der Waals surface area contributed by atoms with Crippen molar-refractivity contribution < 1.29 is 14.7 Å². The van der Waals surface area contributed by atoms with Crippen LogP contribution < -0.4 is 5.73 Å². The second kappa shape index (κ2) is 4.53. The van der Waals surface area contributed by atoms with Gasteiger partial charge in [-0.05, 0) is 12.1 Å². The van der Waals surface area contributed by atoms with Crippen LogP contribution in [0, 0.1) is 0 Å². The van der Waals surface area contributed by atoms with Crippen molar-refractivity contribution in [2.75, 3.05) is 5.73 Å². The smallest absolute Gasteiger partial charge is 0.356 e. The molecule has 6 nitrogen and oxygen atoms in total. The van der Waals surface area contributed by atoms with Crippen molar-refractivity contribution >= 4 is 28.9 Å². The minimum absolute atomic E-state index is 0.112. The van der Waals surface area contributed by atoms with E-state index < -0.39 is 5.97 Å². The Hall–Kier alpha value is -2.28. The summed E-state index contributed by atoms with van der Waals surface area (Å²) in [6.45, 7) is 1.30. The van der Waals surface area contributed by atoms with Gasteiger partial charge in [0.15, 0.2) is 11.5 Å². The van der Waals surface area contributed by atoms with Gasteiger partial charge in [-0.15, -0.1) is 11.3 Å². The quantitative estimate of drug-likeness (QED) is 0.816. The lowest BCUT2D eigenvalue weighted by atomic mass is 10.2. The van der Waals surface area contributed by atoms with Crippen LogP contribution in [0.5, 0.6) is 0 Å². The molecule has 0 aliphatic heterocycles. The Morgan fingerprint density at radius 1 is 1.44 bits per heavy atom. The molecule has 3 N–H and O–H groups in total. The Morgan fingerprint density at radius 3 is 2.67 bits per heavy atom. The molecule has 0 bridgehead atoms. The fraction of sp³-hybridized carbons (Fsp3) is 0.0909. The van der Waals surface area contributed by atoms with E-state index in [2.05, 4.69) is 9.97 Å². The number of nitrogen functional groups attached to an aromatic ring is 1. The van der Waals surface area contributed by atoms with E-state index in [4.69, 9.17) is 10.8 Å². The number of Topliss-reactive ketones (excluding diaryl/α,β-unsaturated/α-hetero) is 1. The highest BCUT2D eigenvalue weighted by Gasteiger charge is 2.21. The average molecular weight is 263 g/mol. The molecule has 0 atom stereocenters. The van der Waals surface area contributed by atoms with Gasteiger partial charge in [-0.25, -0.2) is 14.8 Å². The molecule has 0 saturated carbocycles. The molecule has 0 fully saturated rings. The molecule has 0 unspecified atom stereocenters. The summed E-state index contributed by atoms with van der Waals surface area (Å²) >= 11 is 1.00. The molecule has 0 radical (unpaired) electrons. The molecular weight excluding hydrogens is 254 g/mol. The van der Waals surface area contributed by atoms with E-state index in [9.17, 15) is 9.59 Å². The molecule has 0 saturated heterocycles. The molecule has 2 heterocycles. The predicted molar refractivity (Wildman–Crippen MR) is 66.7 cm³/mol. The fourth-order valence-electron chi connectivity index (χ4n) is 1.42. The largest absolute Gasteiger partial charge is 0.476 e. The van der Waals surface area contributed by atoms with E-state index in [1.165, 1.54) is 13.1 Å². The molecule has 0 aliphatic rings. The van der Waals surface area contributed by atoms with Gasteiger partial charge in [-0.3, -0.25) is 4.79 Å². The number of carbonyl (C=O) groups excluding carboxylic acids is 1. The van der Waals surface area contributed by atoms with Gasteiger partial charge in [0.05, 0.1) is 5.56 Å². The Kier molecular flexibility index (Phi) is 3.07. The van der Waals surface area contributed by atoms with Crippen LogP contribution in [-0.2, 0) is 0 Å². The molecule has 0 aliphatic carbocycles. The van der Waals surface area contributed by atoms with E-state index >= 15 is 0 Å². The van der Waals surface area contributed by atoms with Crippen LogP contribution in [0.2, 0.25) is 0 Å². The van der Waals surface area contributed by atoms with Crippen LogP contribution in [0.4, 0.5) is 5.82 Å². The number of carboxylic acid groups (broad SMARTS) is 1. The summed E-state index contributed by atoms with van der Waals surface area (Å²) in [5.41, 5.74) is 5.97. The number of nitrogens with two attached hydrogens (primary N) is 1. The Bertz CT molecular complexity index is 605. The number of ketones is 1. The van der Waals surface area contributed by atoms with Gasteiger partial charge < -0.3 is 10.8 Å². The van der Waals surface area contributed by atoms with Gasteiger partial charge in [-0.1, -0.05) is 0 Å². The van der Waals surface area contributed by atoms with Crippen LogP contribution in [0.15, 0.2) is 18.3 Å². The number of anilines is 1. The van der Waals surface area contributed by atoms with Gasteiger partial charge in [0.2, 0.25) is 0 Å². The maximum Gasteiger partial charge on any atom is 0.356 e. The van der Waals surface area contributed by atoms with Crippen LogP contribution in [0.25, 0.3) is 10.6 Å². The van der Waals surface area contributed by atoms with Crippen LogP contribution in [0.1, 0.15) is 27.1 Å². The lowest BCUT2D eigenvalue weighted by Crippen LogP contribution is -2.03. The third kappa shape index (κ3) is 2.07. The zero-order valence-corrected chi connectivity index (χ0v) is 10.2. The Labute approximate surface area is 106 Å². The minimum Gasteiger partial charge on any atom is -0.476 e. The van der Waals surface area contributed by atoms with Gasteiger partial charge in [0.25, 0.3) is 0 Å². The van der Waals surface area contributed by atoms with Crippen molar-refractivity contribution in [3.8, 4) is 10.6 Å². The zero-order valence-electron chi connectivity index (χ0n) is 9.38. The summed E-state index contributed by atoms with van der Waals surface area (Å²) in [5, 5.41) is 9.37. The summed E-state index contributed by atoms with van der Waals surface area (Å²) in [4.78, 5) is 30.3. The molecule has 7 heteroatoms. The van der Waals surface area contributed by atoms with E-state index in [0.29, 0.717) is 10.6 Å². The number of rotatable bonds is 3. The normalized spacial score (nSPS) is 10.3. The third-order valence-electron chi connectivity index (χ3n) is 2.22. The first-order valence-corrected chi connectivity index (χ1v) is 5.78. The molecule has 0 spiro atoms. The van der Waals surface area contributed by atoms with E-state index in [1.807, 2.05) is 0 Å². The average Bonchev–Trinajstić information content (AvgIpc) is 2.74. The summed E-state index contributed by atoms with van der Waals surface area (Å²) < 4.78 is 0. The van der Waals surface area contributed by atoms with Gasteiger partial charge in [-0.2, -0.15) is 0 Å². The predicted octanol–water partition coefficient (Wildman–Crippen LogP) is 1.69. The van der Waals surface area contributed by atoms with Crippen molar-refractivity contribution in [2.45, 2.75) is 6.92 Å². The van der Waals surface area contributed by atoms with Crippen molar-refractivity contribution in [3.63, 3.8) is 0 Å². The van der Waals surface area contributed by atoms with E-state index in [1.54, 1.807) is 12.1 Å². The van der Waals surface area contributed by atoms with Crippen LogP contribution in [-0.4, -0.2) is 26.8 Å². The molecule has 18 heavy (non-hydrogen) atoms. The fourth-order valence-corrected chi connectivity index (χ4v) is 2.40. The molecule has 2 rings (SSSR count). The summed E-state index contributed by atoms with van der Waals surface area (Å²) in [7, 11) is 0. The highest BCUT2D eigenvalue weighted by atomic mass is 32.1. The molecular formula is C11H9N3O3S.